The van der Waals surface area contributed by atoms with E-state index in [1.165, 1.54) is 37.5 Å². The molecule has 2 aromatic heterocycles. The van der Waals surface area contributed by atoms with Crippen LogP contribution >= 0.6 is 27.3 Å². The van der Waals surface area contributed by atoms with Crippen molar-refractivity contribution in [1.82, 2.24) is 4.98 Å². The van der Waals surface area contributed by atoms with Crippen LogP contribution in [0, 0.1) is 13.8 Å². The van der Waals surface area contributed by atoms with Gasteiger partial charge in [0.1, 0.15) is 0 Å². The van der Waals surface area contributed by atoms with Crippen LogP contribution in [0.25, 0.3) is 10.9 Å². The molecule has 0 aliphatic carbocycles. The monoisotopic (exact) mass is 395 g/mol. The van der Waals surface area contributed by atoms with Crippen molar-refractivity contribution in [3.63, 3.8) is 0 Å². The Bertz CT molecular complexity index is 1010. The molecule has 1 atom stereocenters. The minimum atomic E-state index is 0.248. The average molecular weight is 396 g/mol. The second kappa shape index (κ2) is 6.23. The summed E-state index contributed by atoms with van der Waals surface area (Å²) in [5, 5.41) is 1.31. The van der Waals surface area contributed by atoms with Gasteiger partial charge in [0, 0.05) is 36.7 Å². The lowest BCUT2D eigenvalue weighted by Gasteiger charge is -2.18. The number of fused-ring (bicyclic) bond motifs is 1. The van der Waals surface area contributed by atoms with Crippen LogP contribution in [0.3, 0.4) is 0 Å². The van der Waals surface area contributed by atoms with E-state index in [0.717, 1.165) is 4.47 Å². The Morgan fingerprint density at radius 2 is 1.79 bits per heavy atom. The van der Waals surface area contributed by atoms with Gasteiger partial charge in [-0.1, -0.05) is 46.3 Å². The molecule has 1 nitrogen and oxygen atoms in total. The normalized spacial score (nSPS) is 12.6. The van der Waals surface area contributed by atoms with Gasteiger partial charge in [0.15, 0.2) is 0 Å². The molecule has 4 aromatic rings. The number of aromatic amines is 1. The molecule has 0 amide bonds. The van der Waals surface area contributed by atoms with Crippen molar-refractivity contribution >= 4 is 38.2 Å². The van der Waals surface area contributed by atoms with E-state index in [0.29, 0.717) is 0 Å². The first-order chi connectivity index (χ1) is 11.6. The molecule has 3 heteroatoms. The maximum atomic E-state index is 3.64. The largest absolute Gasteiger partial charge is 0.358 e. The summed E-state index contributed by atoms with van der Waals surface area (Å²) in [5.41, 5.74) is 5.15. The Labute approximate surface area is 154 Å². The fourth-order valence-electron chi connectivity index (χ4n) is 3.44. The number of aromatic nitrogens is 1. The molecule has 0 aliphatic heterocycles. The lowest BCUT2D eigenvalue weighted by molar-refractivity contribution is 0.993. The number of nitrogens with one attached hydrogen (secondary N) is 1. The maximum absolute atomic E-state index is 3.64. The predicted octanol–water partition coefficient (Wildman–Crippen LogP) is 6.79. The van der Waals surface area contributed by atoms with Gasteiger partial charge in [0.05, 0.1) is 0 Å². The first-order valence-corrected chi connectivity index (χ1v) is 9.63. The zero-order valence-electron chi connectivity index (χ0n) is 13.6. The van der Waals surface area contributed by atoms with E-state index in [2.05, 4.69) is 95.4 Å². The SMILES string of the molecule is Cc1ccc([C@H](c2cccc(Br)c2)c2c(C)[nH]c3ccccc23)s1. The van der Waals surface area contributed by atoms with E-state index in [-0.39, 0.29) is 5.92 Å². The molecule has 0 spiro atoms. The van der Waals surface area contributed by atoms with Crippen molar-refractivity contribution < 1.29 is 0 Å². The van der Waals surface area contributed by atoms with Gasteiger partial charge in [-0.25, -0.2) is 0 Å². The Morgan fingerprint density at radius 1 is 0.958 bits per heavy atom. The number of aryl methyl sites for hydroxylation is 2. The molecule has 1 N–H and O–H groups in total. The van der Waals surface area contributed by atoms with Crippen LogP contribution in [-0.2, 0) is 0 Å². The van der Waals surface area contributed by atoms with Crippen LogP contribution in [0.2, 0.25) is 0 Å². The fraction of sp³-hybridized carbons (Fsp3) is 0.143. The summed E-state index contributed by atoms with van der Waals surface area (Å²) < 4.78 is 1.12. The molecule has 0 saturated carbocycles. The van der Waals surface area contributed by atoms with Crippen LogP contribution < -0.4 is 0 Å². The predicted molar refractivity (Wildman–Crippen MR) is 107 cm³/mol. The van der Waals surface area contributed by atoms with Gasteiger partial charge in [-0.15, -0.1) is 11.3 Å². The number of rotatable bonds is 3. The van der Waals surface area contributed by atoms with Gasteiger partial charge < -0.3 is 4.98 Å². The number of hydrogen-bond acceptors (Lipinski definition) is 1. The third kappa shape index (κ3) is 2.72. The van der Waals surface area contributed by atoms with Crippen molar-refractivity contribution in [2.24, 2.45) is 0 Å². The Kier molecular flexibility index (Phi) is 4.07. The molecular formula is C21H18BrNS. The molecule has 0 bridgehead atoms. The first kappa shape index (κ1) is 15.7. The summed E-state index contributed by atoms with van der Waals surface area (Å²) in [4.78, 5) is 6.30. The van der Waals surface area contributed by atoms with Crippen molar-refractivity contribution in [3.8, 4) is 0 Å². The highest BCUT2D eigenvalue weighted by Crippen LogP contribution is 2.41. The van der Waals surface area contributed by atoms with Gasteiger partial charge in [0.2, 0.25) is 0 Å². The van der Waals surface area contributed by atoms with E-state index in [4.69, 9.17) is 0 Å². The molecule has 0 fully saturated rings. The molecular weight excluding hydrogens is 378 g/mol. The minimum absolute atomic E-state index is 0.248. The summed E-state index contributed by atoms with van der Waals surface area (Å²) in [5.74, 6) is 0.248. The molecule has 120 valence electrons. The minimum Gasteiger partial charge on any atom is -0.358 e. The number of H-pyrrole nitrogens is 1. The first-order valence-electron chi connectivity index (χ1n) is 8.02. The highest BCUT2D eigenvalue weighted by molar-refractivity contribution is 9.10. The second-order valence-electron chi connectivity index (χ2n) is 6.15. The van der Waals surface area contributed by atoms with E-state index < -0.39 is 0 Å². The Morgan fingerprint density at radius 3 is 2.54 bits per heavy atom. The van der Waals surface area contributed by atoms with E-state index >= 15 is 0 Å². The summed E-state index contributed by atoms with van der Waals surface area (Å²) in [6, 6.07) is 21.7. The van der Waals surface area contributed by atoms with Gasteiger partial charge in [-0.05, 0) is 55.3 Å². The number of thiophene rings is 1. The second-order valence-corrected chi connectivity index (χ2v) is 8.38. The summed E-state index contributed by atoms with van der Waals surface area (Å²) in [6.45, 7) is 4.36. The smallest absolute Gasteiger partial charge is 0.0459 e. The summed E-state index contributed by atoms with van der Waals surface area (Å²) in [6.07, 6.45) is 0. The van der Waals surface area contributed by atoms with Crippen molar-refractivity contribution in [3.05, 3.63) is 91.7 Å². The molecule has 2 aromatic carbocycles. The van der Waals surface area contributed by atoms with Gasteiger partial charge in [-0.2, -0.15) is 0 Å². The number of para-hydroxylation sites is 1. The van der Waals surface area contributed by atoms with Crippen molar-refractivity contribution in [2.75, 3.05) is 0 Å². The number of halogens is 1. The van der Waals surface area contributed by atoms with Crippen LogP contribution in [0.15, 0.2) is 65.1 Å². The maximum Gasteiger partial charge on any atom is 0.0459 e. The topological polar surface area (TPSA) is 15.8 Å². The lowest BCUT2D eigenvalue weighted by atomic mass is 9.88. The number of hydrogen-bond donors (Lipinski definition) is 1. The Balaban J connectivity index is 2.00. The molecule has 0 unspecified atom stereocenters. The van der Waals surface area contributed by atoms with Gasteiger partial charge >= 0.3 is 0 Å². The highest BCUT2D eigenvalue weighted by atomic mass is 79.9. The van der Waals surface area contributed by atoms with Crippen LogP contribution in [0.1, 0.15) is 32.5 Å². The zero-order valence-corrected chi connectivity index (χ0v) is 16.0. The number of benzene rings is 2. The Hall–Kier alpha value is -1.84. The van der Waals surface area contributed by atoms with Crippen LogP contribution in [-0.4, -0.2) is 4.98 Å². The van der Waals surface area contributed by atoms with E-state index in [1.54, 1.807) is 0 Å². The average Bonchev–Trinajstić information content (AvgIpc) is 3.12. The highest BCUT2D eigenvalue weighted by Gasteiger charge is 2.24. The fourth-order valence-corrected chi connectivity index (χ4v) is 4.87. The summed E-state index contributed by atoms with van der Waals surface area (Å²) >= 11 is 5.52. The third-order valence-corrected chi connectivity index (χ3v) is 6.02. The van der Waals surface area contributed by atoms with Gasteiger partial charge in [-0.3, -0.25) is 0 Å². The quantitative estimate of drug-likeness (QED) is 0.392. The zero-order chi connectivity index (χ0) is 16.7. The van der Waals surface area contributed by atoms with Crippen molar-refractivity contribution in [1.29, 1.82) is 0 Å². The van der Waals surface area contributed by atoms with E-state index in [1.807, 2.05) is 11.3 Å². The lowest BCUT2D eigenvalue weighted by Crippen LogP contribution is -2.02. The van der Waals surface area contributed by atoms with Crippen LogP contribution in [0.4, 0.5) is 0 Å². The van der Waals surface area contributed by atoms with Gasteiger partial charge in [0.25, 0.3) is 0 Å². The molecule has 0 aliphatic rings. The third-order valence-electron chi connectivity index (χ3n) is 4.46. The van der Waals surface area contributed by atoms with Crippen LogP contribution in [0.5, 0.6) is 0 Å². The summed E-state index contributed by atoms with van der Waals surface area (Å²) in [7, 11) is 0. The molecule has 0 saturated heterocycles. The molecule has 0 radical (unpaired) electrons. The molecule has 4 rings (SSSR count). The standard InChI is InChI=1S/C21H18BrNS/c1-13-10-11-19(24-13)21(15-6-5-7-16(22)12-15)20-14(2)23-18-9-4-3-8-17(18)20/h3-12,21,23H,1-2H3/t21-/m0/s1. The molecule has 24 heavy (non-hydrogen) atoms. The van der Waals surface area contributed by atoms with Crippen molar-refractivity contribution in [2.45, 2.75) is 19.8 Å². The van der Waals surface area contributed by atoms with E-state index in [9.17, 15) is 0 Å². The molecule has 2 heterocycles.